The van der Waals surface area contributed by atoms with Gasteiger partial charge in [-0.1, -0.05) is 23.8 Å². The SMILES string of the molecule is CCN(C)C(=O)c1cncc(-c2cc(C)ccc2C)c1. The highest BCUT2D eigenvalue weighted by Crippen LogP contribution is 2.24. The van der Waals surface area contributed by atoms with Gasteiger partial charge >= 0.3 is 0 Å². The van der Waals surface area contributed by atoms with Crippen molar-refractivity contribution in [1.29, 1.82) is 0 Å². The third-order valence-corrected chi connectivity index (χ3v) is 3.51. The molecule has 0 saturated heterocycles. The molecule has 0 unspecified atom stereocenters. The standard InChI is InChI=1S/C17H20N2O/c1-5-19(4)17(20)15-9-14(10-18-11-15)16-8-12(2)6-7-13(16)3/h6-11H,5H2,1-4H3. The van der Waals surface area contributed by atoms with Gasteiger partial charge in [-0.3, -0.25) is 9.78 Å². The quantitative estimate of drug-likeness (QED) is 0.854. The van der Waals surface area contributed by atoms with Gasteiger partial charge in [0.2, 0.25) is 0 Å². The highest BCUT2D eigenvalue weighted by Gasteiger charge is 2.12. The van der Waals surface area contributed by atoms with Crippen molar-refractivity contribution in [2.45, 2.75) is 20.8 Å². The predicted molar refractivity (Wildman–Crippen MR) is 81.8 cm³/mol. The molecule has 3 nitrogen and oxygen atoms in total. The molecule has 1 amide bonds. The first-order valence-electron chi connectivity index (χ1n) is 6.81. The maximum Gasteiger partial charge on any atom is 0.255 e. The van der Waals surface area contributed by atoms with E-state index < -0.39 is 0 Å². The molecule has 1 aromatic heterocycles. The van der Waals surface area contributed by atoms with Crippen molar-refractivity contribution in [2.24, 2.45) is 0 Å². The fourth-order valence-corrected chi connectivity index (χ4v) is 2.12. The van der Waals surface area contributed by atoms with Gasteiger partial charge in [-0.25, -0.2) is 0 Å². The lowest BCUT2D eigenvalue weighted by atomic mass is 9.99. The number of hydrogen-bond donors (Lipinski definition) is 0. The van der Waals surface area contributed by atoms with Crippen LogP contribution in [0.5, 0.6) is 0 Å². The minimum absolute atomic E-state index is 0.00663. The molecular formula is C17H20N2O. The van der Waals surface area contributed by atoms with E-state index in [1.807, 2.05) is 19.2 Å². The van der Waals surface area contributed by atoms with E-state index in [-0.39, 0.29) is 5.91 Å². The van der Waals surface area contributed by atoms with Gasteiger partial charge in [-0.05, 0) is 38.0 Å². The summed E-state index contributed by atoms with van der Waals surface area (Å²) in [6.45, 7) is 6.78. The number of amides is 1. The van der Waals surface area contributed by atoms with E-state index in [2.05, 4.69) is 37.0 Å². The Morgan fingerprint density at radius 3 is 2.65 bits per heavy atom. The van der Waals surface area contributed by atoms with Crippen LogP contribution in [0.1, 0.15) is 28.4 Å². The van der Waals surface area contributed by atoms with Gasteiger partial charge in [-0.2, -0.15) is 0 Å². The van der Waals surface area contributed by atoms with Crippen LogP contribution in [0, 0.1) is 13.8 Å². The highest BCUT2D eigenvalue weighted by molar-refractivity contribution is 5.95. The van der Waals surface area contributed by atoms with Crippen LogP contribution in [-0.4, -0.2) is 29.4 Å². The number of benzene rings is 1. The Morgan fingerprint density at radius 1 is 1.20 bits per heavy atom. The Kier molecular flexibility index (Phi) is 4.18. The molecule has 0 aliphatic rings. The first-order valence-corrected chi connectivity index (χ1v) is 6.81. The van der Waals surface area contributed by atoms with Crippen molar-refractivity contribution >= 4 is 5.91 Å². The average Bonchev–Trinajstić information content (AvgIpc) is 2.48. The van der Waals surface area contributed by atoms with Crippen molar-refractivity contribution in [1.82, 2.24) is 9.88 Å². The Labute approximate surface area is 120 Å². The molecule has 20 heavy (non-hydrogen) atoms. The van der Waals surface area contributed by atoms with Gasteiger partial charge in [0.25, 0.3) is 5.91 Å². The zero-order chi connectivity index (χ0) is 14.7. The molecule has 0 fully saturated rings. The van der Waals surface area contributed by atoms with Crippen molar-refractivity contribution in [2.75, 3.05) is 13.6 Å². The summed E-state index contributed by atoms with van der Waals surface area (Å²) in [5.74, 6) is 0.00663. The minimum atomic E-state index is 0.00663. The Balaban J connectivity index is 2.44. The normalized spacial score (nSPS) is 10.4. The molecule has 1 aromatic carbocycles. The maximum absolute atomic E-state index is 12.2. The van der Waals surface area contributed by atoms with Crippen LogP contribution in [0.4, 0.5) is 0 Å². The number of aryl methyl sites for hydroxylation is 2. The molecule has 0 aliphatic carbocycles. The summed E-state index contributed by atoms with van der Waals surface area (Å²) < 4.78 is 0. The zero-order valence-corrected chi connectivity index (χ0v) is 12.5. The second-order valence-electron chi connectivity index (χ2n) is 5.10. The fourth-order valence-electron chi connectivity index (χ4n) is 2.12. The molecule has 0 aliphatic heterocycles. The molecule has 2 rings (SSSR count). The van der Waals surface area contributed by atoms with Crippen LogP contribution in [0.3, 0.4) is 0 Å². The summed E-state index contributed by atoms with van der Waals surface area (Å²) in [6.07, 6.45) is 3.44. The van der Waals surface area contributed by atoms with Gasteiger partial charge in [-0.15, -0.1) is 0 Å². The summed E-state index contributed by atoms with van der Waals surface area (Å²) in [4.78, 5) is 18.1. The number of rotatable bonds is 3. The van der Waals surface area contributed by atoms with E-state index in [9.17, 15) is 4.79 Å². The van der Waals surface area contributed by atoms with Crippen LogP contribution in [0.15, 0.2) is 36.7 Å². The first kappa shape index (κ1) is 14.3. The molecule has 0 atom stereocenters. The molecule has 0 bridgehead atoms. The van der Waals surface area contributed by atoms with Crippen LogP contribution in [0.2, 0.25) is 0 Å². The summed E-state index contributed by atoms with van der Waals surface area (Å²) in [5.41, 5.74) is 5.14. The molecule has 0 radical (unpaired) electrons. The Morgan fingerprint density at radius 2 is 1.95 bits per heavy atom. The molecular weight excluding hydrogens is 248 g/mol. The lowest BCUT2D eigenvalue weighted by Crippen LogP contribution is -2.26. The van der Waals surface area contributed by atoms with Crippen LogP contribution in [0.25, 0.3) is 11.1 Å². The second-order valence-corrected chi connectivity index (χ2v) is 5.10. The number of hydrogen-bond acceptors (Lipinski definition) is 2. The van der Waals surface area contributed by atoms with Gasteiger partial charge in [0.15, 0.2) is 0 Å². The van der Waals surface area contributed by atoms with Crippen LogP contribution in [-0.2, 0) is 0 Å². The third kappa shape index (κ3) is 2.87. The van der Waals surface area contributed by atoms with E-state index in [0.717, 1.165) is 11.1 Å². The number of nitrogens with zero attached hydrogens (tertiary/aromatic N) is 2. The largest absolute Gasteiger partial charge is 0.342 e. The summed E-state index contributed by atoms with van der Waals surface area (Å²) in [7, 11) is 1.80. The fraction of sp³-hybridized carbons (Fsp3) is 0.294. The van der Waals surface area contributed by atoms with Gasteiger partial charge in [0.05, 0.1) is 5.56 Å². The molecule has 3 heteroatoms. The topological polar surface area (TPSA) is 33.2 Å². The Hall–Kier alpha value is -2.16. The smallest absolute Gasteiger partial charge is 0.255 e. The van der Waals surface area contributed by atoms with Crippen molar-refractivity contribution < 1.29 is 4.79 Å². The summed E-state index contributed by atoms with van der Waals surface area (Å²) in [5, 5.41) is 0. The lowest BCUT2D eigenvalue weighted by Gasteiger charge is -2.15. The minimum Gasteiger partial charge on any atom is -0.342 e. The maximum atomic E-state index is 12.2. The van der Waals surface area contributed by atoms with Crippen LogP contribution >= 0.6 is 0 Å². The van der Waals surface area contributed by atoms with Gasteiger partial charge in [0.1, 0.15) is 0 Å². The van der Waals surface area contributed by atoms with E-state index in [1.54, 1.807) is 18.1 Å². The molecule has 0 saturated carbocycles. The zero-order valence-electron chi connectivity index (χ0n) is 12.5. The predicted octanol–water partition coefficient (Wildman–Crippen LogP) is 3.46. The number of pyridine rings is 1. The lowest BCUT2D eigenvalue weighted by molar-refractivity contribution is 0.0802. The van der Waals surface area contributed by atoms with Crippen molar-refractivity contribution in [3.8, 4) is 11.1 Å². The highest BCUT2D eigenvalue weighted by atomic mass is 16.2. The average molecular weight is 268 g/mol. The van der Waals surface area contributed by atoms with Gasteiger partial charge in [0, 0.05) is 31.5 Å². The van der Waals surface area contributed by atoms with E-state index in [1.165, 1.54) is 11.1 Å². The van der Waals surface area contributed by atoms with E-state index >= 15 is 0 Å². The molecule has 2 aromatic rings. The molecule has 0 spiro atoms. The van der Waals surface area contributed by atoms with Crippen molar-refractivity contribution in [3.63, 3.8) is 0 Å². The summed E-state index contributed by atoms with van der Waals surface area (Å²) in [6, 6.07) is 8.23. The number of carbonyl (C=O) groups is 1. The molecule has 104 valence electrons. The second kappa shape index (κ2) is 5.87. The number of carbonyl (C=O) groups excluding carboxylic acids is 1. The van der Waals surface area contributed by atoms with E-state index in [0.29, 0.717) is 12.1 Å². The van der Waals surface area contributed by atoms with Gasteiger partial charge < -0.3 is 4.90 Å². The first-order chi connectivity index (χ1) is 9.52. The Bertz CT molecular complexity index is 635. The van der Waals surface area contributed by atoms with Crippen LogP contribution < -0.4 is 0 Å². The van der Waals surface area contributed by atoms with Crippen molar-refractivity contribution in [3.05, 3.63) is 53.3 Å². The third-order valence-electron chi connectivity index (χ3n) is 3.51. The van der Waals surface area contributed by atoms with E-state index in [4.69, 9.17) is 0 Å². The summed E-state index contributed by atoms with van der Waals surface area (Å²) >= 11 is 0. The number of aromatic nitrogens is 1. The molecule has 1 heterocycles. The monoisotopic (exact) mass is 268 g/mol. The molecule has 0 N–H and O–H groups in total.